The van der Waals surface area contributed by atoms with E-state index in [1.165, 1.54) is 5.56 Å². The number of ether oxygens (including phenoxy) is 1. The van der Waals surface area contributed by atoms with Crippen LogP contribution in [0.15, 0.2) is 47.6 Å². The van der Waals surface area contributed by atoms with Crippen molar-refractivity contribution in [3.63, 3.8) is 0 Å². The van der Waals surface area contributed by atoms with Gasteiger partial charge >= 0.3 is 0 Å². The molecule has 132 valence electrons. The highest BCUT2D eigenvalue weighted by atomic mass is 127. The minimum absolute atomic E-state index is 0.281. The second kappa shape index (κ2) is 8.99. The van der Waals surface area contributed by atoms with Gasteiger partial charge < -0.3 is 4.74 Å². The lowest BCUT2D eigenvalue weighted by atomic mass is 10.0. The Morgan fingerprint density at radius 1 is 1.20 bits per heavy atom. The Labute approximate surface area is 162 Å². The van der Waals surface area contributed by atoms with Crippen LogP contribution in [0, 0.1) is 10.5 Å². The maximum atomic E-state index is 12.2. The van der Waals surface area contributed by atoms with Gasteiger partial charge in [0.25, 0.3) is 5.91 Å². The molecule has 2 rings (SSSR count). The maximum Gasteiger partial charge on any atom is 0.280 e. The number of rotatable bonds is 6. The first-order chi connectivity index (χ1) is 11.9. The van der Waals surface area contributed by atoms with Crippen LogP contribution >= 0.6 is 22.6 Å². The van der Waals surface area contributed by atoms with Gasteiger partial charge in [0.05, 0.1) is 6.21 Å². The summed E-state index contributed by atoms with van der Waals surface area (Å²) in [6, 6.07) is 14.0. The topological polar surface area (TPSA) is 50.7 Å². The van der Waals surface area contributed by atoms with Gasteiger partial charge in [0, 0.05) is 3.57 Å². The zero-order valence-electron chi connectivity index (χ0n) is 14.9. The summed E-state index contributed by atoms with van der Waals surface area (Å²) in [5, 5.41) is 4.01. The number of amides is 1. The third-order valence-electron chi connectivity index (χ3n) is 3.79. The van der Waals surface area contributed by atoms with Crippen LogP contribution < -0.4 is 10.2 Å². The minimum atomic E-state index is -0.630. The fraction of sp³-hybridized carbons (Fsp3) is 0.300. The molecule has 25 heavy (non-hydrogen) atoms. The molecule has 1 amide bonds. The lowest BCUT2D eigenvalue weighted by molar-refractivity contribution is -0.127. The number of hydrazone groups is 1. The van der Waals surface area contributed by atoms with Crippen molar-refractivity contribution in [1.82, 2.24) is 5.43 Å². The fourth-order valence-electron chi connectivity index (χ4n) is 2.19. The number of carbonyl (C=O) groups excluding carboxylic acids is 1. The molecule has 0 saturated heterocycles. The Balaban J connectivity index is 1.97. The summed E-state index contributed by atoms with van der Waals surface area (Å²) >= 11 is 2.23. The molecular formula is C20H23IN2O2. The van der Waals surface area contributed by atoms with E-state index in [1.54, 1.807) is 13.1 Å². The Morgan fingerprint density at radius 2 is 1.96 bits per heavy atom. The molecule has 2 aromatic carbocycles. The van der Waals surface area contributed by atoms with Gasteiger partial charge in [-0.1, -0.05) is 38.1 Å². The zero-order chi connectivity index (χ0) is 18.4. The van der Waals surface area contributed by atoms with Crippen LogP contribution in [-0.2, 0) is 4.79 Å². The average Bonchev–Trinajstić information content (AvgIpc) is 2.56. The normalized spacial score (nSPS) is 12.4. The number of carbonyl (C=O) groups is 1. The molecule has 0 aliphatic rings. The summed E-state index contributed by atoms with van der Waals surface area (Å²) in [6.07, 6.45) is 0.992. The highest BCUT2D eigenvalue weighted by Crippen LogP contribution is 2.25. The molecule has 2 aromatic rings. The van der Waals surface area contributed by atoms with Crippen molar-refractivity contribution < 1.29 is 9.53 Å². The molecule has 0 unspecified atom stereocenters. The Morgan fingerprint density at radius 3 is 2.64 bits per heavy atom. The molecule has 5 heteroatoms. The zero-order valence-corrected chi connectivity index (χ0v) is 17.1. The third-order valence-corrected chi connectivity index (χ3v) is 4.46. The SMILES string of the molecule is Cc1ccc(C(C)C)cc1O[C@@H](C)C(=O)NN=Cc1cccc(I)c1. The summed E-state index contributed by atoms with van der Waals surface area (Å²) in [4.78, 5) is 12.2. The monoisotopic (exact) mass is 450 g/mol. The van der Waals surface area contributed by atoms with E-state index < -0.39 is 6.10 Å². The molecule has 0 saturated carbocycles. The van der Waals surface area contributed by atoms with Crippen LogP contribution in [0.2, 0.25) is 0 Å². The first kappa shape index (κ1) is 19.4. The van der Waals surface area contributed by atoms with E-state index >= 15 is 0 Å². The first-order valence-corrected chi connectivity index (χ1v) is 9.30. The lowest BCUT2D eigenvalue weighted by Crippen LogP contribution is -2.33. The quantitative estimate of drug-likeness (QED) is 0.396. The van der Waals surface area contributed by atoms with Crippen LogP contribution in [0.25, 0.3) is 0 Å². The summed E-state index contributed by atoms with van der Waals surface area (Å²) in [5.74, 6) is 0.858. The molecule has 0 spiro atoms. The molecule has 0 fully saturated rings. The van der Waals surface area contributed by atoms with Gasteiger partial charge in [-0.05, 0) is 77.2 Å². The lowest BCUT2D eigenvalue weighted by Gasteiger charge is -2.16. The second-order valence-corrected chi connectivity index (χ2v) is 7.47. The van der Waals surface area contributed by atoms with Crippen LogP contribution in [-0.4, -0.2) is 18.2 Å². The molecule has 1 N–H and O–H groups in total. The van der Waals surface area contributed by atoms with E-state index in [1.807, 2.05) is 43.3 Å². The average molecular weight is 450 g/mol. The van der Waals surface area contributed by atoms with Gasteiger partial charge in [-0.25, -0.2) is 5.43 Å². The molecule has 4 nitrogen and oxygen atoms in total. The van der Waals surface area contributed by atoms with E-state index in [4.69, 9.17) is 4.74 Å². The highest BCUT2D eigenvalue weighted by Gasteiger charge is 2.15. The van der Waals surface area contributed by atoms with Gasteiger partial charge in [0.1, 0.15) is 5.75 Å². The van der Waals surface area contributed by atoms with Crippen molar-refractivity contribution in [2.45, 2.75) is 39.7 Å². The van der Waals surface area contributed by atoms with Crippen molar-refractivity contribution in [1.29, 1.82) is 0 Å². The van der Waals surface area contributed by atoms with Gasteiger partial charge in [-0.2, -0.15) is 5.10 Å². The number of halogens is 1. The number of nitrogens with zero attached hydrogens (tertiary/aromatic N) is 1. The largest absolute Gasteiger partial charge is 0.481 e. The summed E-state index contributed by atoms with van der Waals surface area (Å²) < 4.78 is 6.95. The van der Waals surface area contributed by atoms with E-state index in [2.05, 4.69) is 53.0 Å². The number of aryl methyl sites for hydroxylation is 1. The number of benzene rings is 2. The Kier molecular flexibility index (Phi) is 6.99. The van der Waals surface area contributed by atoms with Crippen LogP contribution in [0.4, 0.5) is 0 Å². The van der Waals surface area contributed by atoms with Crippen LogP contribution in [0.3, 0.4) is 0 Å². The van der Waals surface area contributed by atoms with E-state index in [0.29, 0.717) is 5.92 Å². The van der Waals surface area contributed by atoms with Gasteiger partial charge in [0.15, 0.2) is 6.10 Å². The fourth-order valence-corrected chi connectivity index (χ4v) is 2.76. The highest BCUT2D eigenvalue weighted by molar-refractivity contribution is 14.1. The molecule has 1 atom stereocenters. The second-order valence-electron chi connectivity index (χ2n) is 6.23. The predicted octanol–water partition coefficient (Wildman–Crippen LogP) is 4.64. The molecule has 0 aliphatic carbocycles. The molecule has 0 aliphatic heterocycles. The number of hydrogen-bond acceptors (Lipinski definition) is 3. The van der Waals surface area contributed by atoms with E-state index in [-0.39, 0.29) is 5.91 Å². The summed E-state index contributed by atoms with van der Waals surface area (Å²) in [5.41, 5.74) is 5.65. The van der Waals surface area contributed by atoms with Gasteiger partial charge in [-0.15, -0.1) is 0 Å². The minimum Gasteiger partial charge on any atom is -0.481 e. The predicted molar refractivity (Wildman–Crippen MR) is 110 cm³/mol. The summed E-state index contributed by atoms with van der Waals surface area (Å²) in [7, 11) is 0. The van der Waals surface area contributed by atoms with E-state index in [9.17, 15) is 4.79 Å². The molecule has 0 bridgehead atoms. The van der Waals surface area contributed by atoms with Crippen molar-refractivity contribution in [2.75, 3.05) is 0 Å². The smallest absolute Gasteiger partial charge is 0.280 e. The van der Waals surface area contributed by atoms with E-state index in [0.717, 1.165) is 20.4 Å². The standard InChI is InChI=1S/C20H23IN2O2/c1-13(2)17-9-8-14(3)19(11-17)25-15(4)20(24)23-22-12-16-6-5-7-18(21)10-16/h5-13,15H,1-4H3,(H,23,24)/t15-/m0/s1. The Hall–Kier alpha value is -1.89. The molecule has 0 heterocycles. The first-order valence-electron chi connectivity index (χ1n) is 8.22. The van der Waals surface area contributed by atoms with Crippen molar-refractivity contribution >= 4 is 34.7 Å². The number of nitrogens with one attached hydrogen (secondary N) is 1. The maximum absolute atomic E-state index is 12.2. The van der Waals surface area contributed by atoms with Crippen molar-refractivity contribution in [3.8, 4) is 5.75 Å². The third kappa shape index (κ3) is 5.85. The molecular weight excluding hydrogens is 427 g/mol. The molecule has 0 aromatic heterocycles. The summed E-state index contributed by atoms with van der Waals surface area (Å²) in [6.45, 7) is 7.95. The van der Waals surface area contributed by atoms with Gasteiger partial charge in [0.2, 0.25) is 0 Å². The van der Waals surface area contributed by atoms with Crippen molar-refractivity contribution in [2.24, 2.45) is 5.10 Å². The number of hydrogen-bond donors (Lipinski definition) is 1. The molecule has 0 radical (unpaired) electrons. The van der Waals surface area contributed by atoms with Crippen molar-refractivity contribution in [3.05, 3.63) is 62.7 Å². The van der Waals surface area contributed by atoms with Gasteiger partial charge in [-0.3, -0.25) is 4.79 Å². The van der Waals surface area contributed by atoms with Crippen LogP contribution in [0.5, 0.6) is 5.75 Å². The Bertz CT molecular complexity index is 772. The van der Waals surface area contributed by atoms with Crippen LogP contribution in [0.1, 0.15) is 43.4 Å².